The van der Waals surface area contributed by atoms with E-state index in [0.717, 1.165) is 0 Å². The summed E-state index contributed by atoms with van der Waals surface area (Å²) >= 11 is 3.34. The maximum absolute atomic E-state index is 14.2. The number of nitro groups is 1. The Morgan fingerprint density at radius 2 is 1.86 bits per heavy atom. The van der Waals surface area contributed by atoms with Crippen LogP contribution in [-0.4, -0.2) is 41.9 Å². The van der Waals surface area contributed by atoms with Crippen LogP contribution in [-0.2, 0) is 16.1 Å². The van der Waals surface area contributed by atoms with Gasteiger partial charge < -0.3 is 23.7 Å². The molecule has 0 radical (unpaired) electrons. The largest absolute Gasteiger partial charge is 0.493 e. The van der Waals surface area contributed by atoms with Crippen molar-refractivity contribution in [2.45, 2.75) is 53.4 Å². The fraction of sp³-hybridized carbons (Fsp3) is 0.306. The Morgan fingerprint density at radius 3 is 2.54 bits per heavy atom. The first-order chi connectivity index (χ1) is 23.9. The summed E-state index contributed by atoms with van der Waals surface area (Å²) in [6.45, 7) is 9.73. The van der Waals surface area contributed by atoms with Gasteiger partial charge in [-0.25, -0.2) is 9.79 Å². The number of methoxy groups -OCH3 is 1. The first-order valence-electron chi connectivity index (χ1n) is 15.8. The highest BCUT2D eigenvalue weighted by Crippen LogP contribution is 2.37. The monoisotopic (exact) mass is 813 g/mol. The van der Waals surface area contributed by atoms with Crippen LogP contribution in [0.2, 0.25) is 0 Å². The molecule has 0 aliphatic carbocycles. The molecule has 1 atom stereocenters. The van der Waals surface area contributed by atoms with Gasteiger partial charge in [-0.15, -0.1) is 0 Å². The zero-order valence-electron chi connectivity index (χ0n) is 28.4. The van der Waals surface area contributed by atoms with Crippen LogP contribution < -0.4 is 33.8 Å². The Kier molecular flexibility index (Phi) is 11.6. The van der Waals surface area contributed by atoms with Crippen LogP contribution in [0.5, 0.6) is 23.0 Å². The normalized spacial score (nSPS) is 14.2. The van der Waals surface area contributed by atoms with Gasteiger partial charge in [-0.3, -0.25) is 19.5 Å². The van der Waals surface area contributed by atoms with E-state index in [9.17, 15) is 19.7 Å². The number of non-ortho nitro benzene ring substituents is 1. The van der Waals surface area contributed by atoms with Crippen LogP contribution in [0.3, 0.4) is 0 Å². The standard InChI is InChI=1S/C36H36IN3O9S/c1-7-46-29-16-23(15-26(37)33(29)48-19-22-10-9-11-25(14-22)40(43)44)17-30-34(41)39-32(24-12-13-27(49-20(3)4)28(18-24)45-6)31(35(42)47-8-2)21(5)38-36(39)50-30/h9-18,20,32H,7-8,19H2,1-6H3/b30-17-/t32-/m1/s1. The van der Waals surface area contributed by atoms with Gasteiger partial charge in [0.25, 0.3) is 11.2 Å². The van der Waals surface area contributed by atoms with Crippen molar-refractivity contribution < 1.29 is 33.4 Å². The van der Waals surface area contributed by atoms with E-state index in [4.69, 9.17) is 23.7 Å². The summed E-state index contributed by atoms with van der Waals surface area (Å²) < 4.78 is 31.6. The Labute approximate surface area is 305 Å². The molecule has 0 unspecified atom stereocenters. The van der Waals surface area contributed by atoms with Crippen LogP contribution in [0, 0.1) is 13.7 Å². The molecule has 3 aromatic carbocycles. The van der Waals surface area contributed by atoms with Gasteiger partial charge in [0.05, 0.1) is 56.8 Å². The van der Waals surface area contributed by atoms with Gasteiger partial charge >= 0.3 is 5.97 Å². The van der Waals surface area contributed by atoms with E-state index in [1.54, 1.807) is 50.3 Å². The van der Waals surface area contributed by atoms with Crippen molar-refractivity contribution in [2.24, 2.45) is 4.99 Å². The van der Waals surface area contributed by atoms with Gasteiger partial charge in [0.15, 0.2) is 27.8 Å². The van der Waals surface area contributed by atoms with E-state index in [1.165, 1.54) is 35.1 Å². The minimum atomic E-state index is -0.835. The van der Waals surface area contributed by atoms with Crippen molar-refractivity contribution in [1.82, 2.24) is 4.57 Å². The Balaban J connectivity index is 1.59. The molecule has 5 rings (SSSR count). The highest BCUT2D eigenvalue weighted by molar-refractivity contribution is 14.1. The lowest BCUT2D eigenvalue weighted by atomic mass is 9.95. The summed E-state index contributed by atoms with van der Waals surface area (Å²) in [5.41, 5.74) is 2.28. The molecule has 14 heteroatoms. The van der Waals surface area contributed by atoms with Crippen LogP contribution in [0.15, 0.2) is 75.7 Å². The number of carbonyl (C=O) groups is 1. The lowest BCUT2D eigenvalue weighted by molar-refractivity contribution is -0.384. The van der Waals surface area contributed by atoms with E-state index in [-0.39, 0.29) is 36.1 Å². The number of ether oxygens (including phenoxy) is 5. The molecule has 4 aromatic rings. The smallest absolute Gasteiger partial charge is 0.338 e. The third-order valence-corrected chi connectivity index (χ3v) is 9.30. The molecule has 0 fully saturated rings. The van der Waals surface area contributed by atoms with E-state index in [0.29, 0.717) is 64.9 Å². The lowest BCUT2D eigenvalue weighted by Crippen LogP contribution is -2.40. The van der Waals surface area contributed by atoms with Crippen molar-refractivity contribution in [3.63, 3.8) is 0 Å². The molecule has 262 valence electrons. The fourth-order valence-corrected chi connectivity index (χ4v) is 7.28. The number of rotatable bonds is 13. The number of hydrogen-bond acceptors (Lipinski definition) is 11. The number of esters is 1. The molecule has 2 heterocycles. The van der Waals surface area contributed by atoms with Gasteiger partial charge in [-0.2, -0.15) is 0 Å². The summed E-state index contributed by atoms with van der Waals surface area (Å²) in [7, 11) is 1.53. The molecule has 1 aliphatic heterocycles. The Bertz CT molecular complexity index is 2160. The molecule has 0 N–H and O–H groups in total. The fourth-order valence-electron chi connectivity index (χ4n) is 5.45. The van der Waals surface area contributed by atoms with Crippen LogP contribution >= 0.6 is 33.9 Å². The third-order valence-electron chi connectivity index (χ3n) is 7.52. The minimum Gasteiger partial charge on any atom is -0.493 e. The number of hydrogen-bond donors (Lipinski definition) is 0. The minimum absolute atomic E-state index is 0.0225. The topological polar surface area (TPSA) is 141 Å². The Hall–Kier alpha value is -4.70. The second-order valence-electron chi connectivity index (χ2n) is 11.4. The second kappa shape index (κ2) is 15.9. The molecular weight excluding hydrogens is 777 g/mol. The quantitative estimate of drug-likeness (QED) is 0.0680. The van der Waals surface area contributed by atoms with Crippen molar-refractivity contribution in [3.8, 4) is 23.0 Å². The summed E-state index contributed by atoms with van der Waals surface area (Å²) in [5, 5.41) is 11.2. The van der Waals surface area contributed by atoms with E-state index >= 15 is 0 Å². The number of benzene rings is 3. The molecule has 12 nitrogen and oxygen atoms in total. The van der Waals surface area contributed by atoms with Crippen molar-refractivity contribution in [2.75, 3.05) is 20.3 Å². The summed E-state index contributed by atoms with van der Waals surface area (Å²) in [6, 6.07) is 14.4. The summed E-state index contributed by atoms with van der Waals surface area (Å²) in [4.78, 5) is 43.5. The number of fused-ring (bicyclic) bond motifs is 1. The molecule has 0 amide bonds. The number of allylic oxidation sites excluding steroid dienone is 1. The maximum Gasteiger partial charge on any atom is 0.338 e. The molecule has 50 heavy (non-hydrogen) atoms. The van der Waals surface area contributed by atoms with E-state index in [2.05, 4.69) is 27.6 Å². The number of nitro benzene ring substituents is 1. The molecule has 0 saturated heterocycles. The molecule has 0 saturated carbocycles. The van der Waals surface area contributed by atoms with Crippen molar-refractivity contribution >= 4 is 51.7 Å². The zero-order chi connectivity index (χ0) is 36.1. The average molecular weight is 814 g/mol. The molecule has 0 bridgehead atoms. The first kappa shape index (κ1) is 36.6. The van der Waals surface area contributed by atoms with Crippen molar-refractivity contribution in [1.29, 1.82) is 0 Å². The number of halogens is 1. The maximum atomic E-state index is 14.2. The second-order valence-corrected chi connectivity index (χ2v) is 13.5. The van der Waals surface area contributed by atoms with Crippen LogP contribution in [0.1, 0.15) is 57.4 Å². The number of nitrogens with zero attached hydrogens (tertiary/aromatic N) is 3. The van der Waals surface area contributed by atoms with Crippen LogP contribution in [0.25, 0.3) is 6.08 Å². The van der Waals surface area contributed by atoms with Gasteiger partial charge in [-0.1, -0.05) is 29.5 Å². The zero-order valence-corrected chi connectivity index (χ0v) is 31.3. The predicted octanol–water partition coefficient (Wildman–Crippen LogP) is 6.08. The summed E-state index contributed by atoms with van der Waals surface area (Å²) in [5.74, 6) is 1.37. The first-order valence-corrected chi connectivity index (χ1v) is 17.7. The third kappa shape index (κ3) is 7.86. The summed E-state index contributed by atoms with van der Waals surface area (Å²) in [6.07, 6.45) is 1.66. The average Bonchev–Trinajstić information content (AvgIpc) is 3.37. The molecule has 0 spiro atoms. The van der Waals surface area contributed by atoms with E-state index < -0.39 is 16.9 Å². The molecule has 1 aliphatic rings. The predicted molar refractivity (Wildman–Crippen MR) is 197 cm³/mol. The van der Waals surface area contributed by atoms with Crippen molar-refractivity contribution in [3.05, 3.63) is 116 Å². The number of thiazole rings is 1. The highest BCUT2D eigenvalue weighted by Gasteiger charge is 2.34. The SMILES string of the molecule is CCOC(=O)C1=C(C)N=c2s/c(=C\c3cc(I)c(OCc4cccc([N+](=O)[O-])c4)c(OCC)c3)c(=O)n2[C@@H]1c1ccc(OC(C)C)c(OC)c1. The number of aromatic nitrogens is 1. The van der Waals surface area contributed by atoms with Gasteiger partial charge in [0.1, 0.15) is 6.61 Å². The number of carbonyl (C=O) groups excluding carboxylic acids is 1. The molecule has 1 aromatic heterocycles. The Morgan fingerprint density at radius 1 is 1.08 bits per heavy atom. The van der Waals surface area contributed by atoms with E-state index in [1.807, 2.05) is 32.9 Å². The van der Waals surface area contributed by atoms with Gasteiger partial charge in [0.2, 0.25) is 0 Å². The molecular formula is C36H36IN3O9S. The lowest BCUT2D eigenvalue weighted by Gasteiger charge is -2.25. The van der Waals surface area contributed by atoms with Gasteiger partial charge in [-0.05, 0) is 104 Å². The van der Waals surface area contributed by atoms with Crippen LogP contribution in [0.4, 0.5) is 5.69 Å². The highest BCUT2D eigenvalue weighted by atomic mass is 127. The van der Waals surface area contributed by atoms with Gasteiger partial charge in [0, 0.05) is 12.1 Å².